The maximum Gasteiger partial charge on any atom is 0.237 e. The van der Waals surface area contributed by atoms with E-state index in [1.807, 2.05) is 13.8 Å². The quantitative estimate of drug-likeness (QED) is 0.568. The molecule has 0 spiro atoms. The summed E-state index contributed by atoms with van der Waals surface area (Å²) in [6.45, 7) is 5.45. The Bertz CT molecular complexity index is 157. The van der Waals surface area contributed by atoms with Gasteiger partial charge in [0, 0.05) is 0 Å². The van der Waals surface area contributed by atoms with Crippen molar-refractivity contribution in [1.82, 2.24) is 5.32 Å². The third-order valence-electron chi connectivity index (χ3n) is 2.46. The predicted molar refractivity (Wildman–Crippen MR) is 52.2 cm³/mol. The molecule has 0 aromatic rings. The number of carbonyl (C=O) groups excluding carboxylic acids is 1. The first kappa shape index (κ1) is 12.4. The molecule has 0 heterocycles. The Morgan fingerprint density at radius 2 is 2.00 bits per heavy atom. The summed E-state index contributed by atoms with van der Waals surface area (Å²) in [6.07, 6.45) is 1.41. The zero-order valence-corrected chi connectivity index (χ0v) is 8.63. The Morgan fingerprint density at radius 1 is 1.54 bits per heavy atom. The van der Waals surface area contributed by atoms with E-state index in [1.165, 1.54) is 0 Å². The first-order valence-corrected chi connectivity index (χ1v) is 4.69. The number of hydrogen-bond acceptors (Lipinski definition) is 3. The molecule has 0 bridgehead atoms. The van der Waals surface area contributed by atoms with Gasteiger partial charge < -0.3 is 16.2 Å². The van der Waals surface area contributed by atoms with Crippen molar-refractivity contribution >= 4 is 5.91 Å². The smallest absolute Gasteiger partial charge is 0.237 e. The van der Waals surface area contributed by atoms with E-state index >= 15 is 0 Å². The molecule has 0 radical (unpaired) electrons. The highest BCUT2D eigenvalue weighted by Crippen LogP contribution is 2.13. The lowest BCUT2D eigenvalue weighted by molar-refractivity contribution is -0.124. The van der Waals surface area contributed by atoms with E-state index in [9.17, 15) is 4.79 Å². The second-order valence-corrected chi connectivity index (χ2v) is 3.42. The van der Waals surface area contributed by atoms with Gasteiger partial charge in [-0.05, 0) is 19.8 Å². The average molecular weight is 188 g/mol. The molecule has 0 rings (SSSR count). The molecule has 78 valence electrons. The highest BCUT2D eigenvalue weighted by molar-refractivity contribution is 5.81. The van der Waals surface area contributed by atoms with Gasteiger partial charge in [0.05, 0.1) is 18.2 Å². The van der Waals surface area contributed by atoms with E-state index in [0.717, 1.165) is 0 Å². The zero-order valence-electron chi connectivity index (χ0n) is 8.63. The summed E-state index contributed by atoms with van der Waals surface area (Å²) in [5.74, 6) is -0.210. The highest BCUT2D eigenvalue weighted by Gasteiger charge is 2.27. The molecule has 0 unspecified atom stereocenters. The Balaban J connectivity index is 4.33. The van der Waals surface area contributed by atoms with Crippen LogP contribution >= 0.6 is 0 Å². The second-order valence-electron chi connectivity index (χ2n) is 3.42. The summed E-state index contributed by atoms with van der Waals surface area (Å²) >= 11 is 0. The molecular weight excluding hydrogens is 168 g/mol. The average Bonchev–Trinajstić information content (AvgIpc) is 2.14. The van der Waals surface area contributed by atoms with E-state index in [-0.39, 0.29) is 12.5 Å². The third kappa shape index (κ3) is 3.32. The lowest BCUT2D eigenvalue weighted by atomic mass is 9.93. The Morgan fingerprint density at radius 3 is 2.23 bits per heavy atom. The molecule has 0 aliphatic carbocycles. The summed E-state index contributed by atoms with van der Waals surface area (Å²) in [5.41, 5.74) is 4.92. The molecule has 4 nitrogen and oxygen atoms in total. The monoisotopic (exact) mass is 188 g/mol. The summed E-state index contributed by atoms with van der Waals surface area (Å²) in [6, 6.07) is -0.524. The molecule has 4 heteroatoms. The van der Waals surface area contributed by atoms with Gasteiger partial charge in [-0.1, -0.05) is 13.8 Å². The van der Waals surface area contributed by atoms with Crippen LogP contribution in [0.15, 0.2) is 0 Å². The Hall–Kier alpha value is -0.610. The van der Waals surface area contributed by atoms with Crippen molar-refractivity contribution in [1.29, 1.82) is 0 Å². The van der Waals surface area contributed by atoms with E-state index in [4.69, 9.17) is 10.8 Å². The molecule has 0 saturated carbocycles. The number of hydrogen-bond donors (Lipinski definition) is 3. The van der Waals surface area contributed by atoms with E-state index in [0.29, 0.717) is 12.8 Å². The number of nitrogens with one attached hydrogen (secondary N) is 1. The summed E-state index contributed by atoms with van der Waals surface area (Å²) in [7, 11) is 0. The Labute approximate surface area is 79.5 Å². The van der Waals surface area contributed by atoms with Gasteiger partial charge in [-0.15, -0.1) is 0 Å². The maximum absolute atomic E-state index is 11.3. The zero-order chi connectivity index (χ0) is 10.5. The first-order valence-electron chi connectivity index (χ1n) is 4.69. The molecule has 13 heavy (non-hydrogen) atoms. The minimum atomic E-state index is -0.524. The van der Waals surface area contributed by atoms with Gasteiger partial charge in [0.2, 0.25) is 5.91 Å². The van der Waals surface area contributed by atoms with Crippen LogP contribution < -0.4 is 11.1 Å². The SMILES string of the molecule is CCC(CC)(CO)NC(=O)[C@H](C)N. The number of amides is 1. The summed E-state index contributed by atoms with van der Waals surface area (Å²) < 4.78 is 0. The minimum Gasteiger partial charge on any atom is -0.394 e. The predicted octanol–water partition coefficient (Wildman–Crippen LogP) is 0.000900. The van der Waals surface area contributed by atoms with Crippen LogP contribution in [-0.2, 0) is 4.79 Å². The number of nitrogens with two attached hydrogens (primary N) is 1. The van der Waals surface area contributed by atoms with Crippen LogP contribution in [0, 0.1) is 0 Å². The van der Waals surface area contributed by atoms with Gasteiger partial charge in [-0.2, -0.15) is 0 Å². The van der Waals surface area contributed by atoms with Crippen LogP contribution in [0.5, 0.6) is 0 Å². The molecular formula is C9H20N2O2. The number of carbonyl (C=O) groups is 1. The molecule has 0 aliphatic heterocycles. The second kappa shape index (κ2) is 5.19. The largest absolute Gasteiger partial charge is 0.394 e. The normalized spacial score (nSPS) is 13.9. The summed E-state index contributed by atoms with van der Waals surface area (Å²) in [5, 5.41) is 11.9. The van der Waals surface area contributed by atoms with Crippen LogP contribution in [0.3, 0.4) is 0 Å². The number of aliphatic hydroxyl groups is 1. The number of aliphatic hydroxyl groups excluding tert-OH is 1. The van der Waals surface area contributed by atoms with Gasteiger partial charge in [-0.25, -0.2) is 0 Å². The standard InChI is InChI=1S/C9H20N2O2/c1-4-9(5-2,6-12)11-8(13)7(3)10/h7,12H,4-6,10H2,1-3H3,(H,11,13)/t7-/m0/s1. The molecule has 0 aromatic heterocycles. The van der Waals surface area contributed by atoms with Gasteiger partial charge >= 0.3 is 0 Å². The van der Waals surface area contributed by atoms with Crippen LogP contribution in [-0.4, -0.2) is 29.2 Å². The fourth-order valence-corrected chi connectivity index (χ4v) is 1.07. The van der Waals surface area contributed by atoms with Crippen molar-refractivity contribution in [2.45, 2.75) is 45.2 Å². The first-order chi connectivity index (χ1) is 6.01. The molecule has 0 aromatic carbocycles. The van der Waals surface area contributed by atoms with Crippen molar-refractivity contribution in [2.75, 3.05) is 6.61 Å². The topological polar surface area (TPSA) is 75.3 Å². The van der Waals surface area contributed by atoms with Crippen LogP contribution in [0.2, 0.25) is 0 Å². The highest BCUT2D eigenvalue weighted by atomic mass is 16.3. The van der Waals surface area contributed by atoms with Gasteiger partial charge in [-0.3, -0.25) is 4.79 Å². The van der Waals surface area contributed by atoms with Crippen molar-refractivity contribution in [2.24, 2.45) is 5.73 Å². The van der Waals surface area contributed by atoms with E-state index < -0.39 is 11.6 Å². The van der Waals surface area contributed by atoms with E-state index in [1.54, 1.807) is 6.92 Å². The van der Waals surface area contributed by atoms with Gasteiger partial charge in [0.1, 0.15) is 0 Å². The minimum absolute atomic E-state index is 0.0432. The van der Waals surface area contributed by atoms with Crippen LogP contribution in [0.4, 0.5) is 0 Å². The third-order valence-corrected chi connectivity index (χ3v) is 2.46. The lowest BCUT2D eigenvalue weighted by Gasteiger charge is -2.31. The van der Waals surface area contributed by atoms with Crippen LogP contribution in [0.25, 0.3) is 0 Å². The fourth-order valence-electron chi connectivity index (χ4n) is 1.07. The summed E-state index contributed by atoms with van der Waals surface area (Å²) in [4.78, 5) is 11.3. The molecule has 4 N–H and O–H groups in total. The van der Waals surface area contributed by atoms with Crippen molar-refractivity contribution in [3.63, 3.8) is 0 Å². The lowest BCUT2D eigenvalue weighted by Crippen LogP contribution is -2.54. The van der Waals surface area contributed by atoms with Crippen molar-refractivity contribution in [3.8, 4) is 0 Å². The van der Waals surface area contributed by atoms with Gasteiger partial charge in [0.15, 0.2) is 0 Å². The van der Waals surface area contributed by atoms with Gasteiger partial charge in [0.25, 0.3) is 0 Å². The molecule has 0 aliphatic rings. The molecule has 0 saturated heterocycles. The number of rotatable bonds is 5. The molecule has 1 atom stereocenters. The maximum atomic E-state index is 11.3. The van der Waals surface area contributed by atoms with E-state index in [2.05, 4.69) is 5.32 Å². The molecule has 0 fully saturated rings. The fraction of sp³-hybridized carbons (Fsp3) is 0.889. The van der Waals surface area contributed by atoms with Crippen LogP contribution in [0.1, 0.15) is 33.6 Å². The Kier molecular flexibility index (Phi) is 4.95. The molecule has 1 amide bonds. The van der Waals surface area contributed by atoms with Crippen molar-refractivity contribution < 1.29 is 9.90 Å². The van der Waals surface area contributed by atoms with Crippen molar-refractivity contribution in [3.05, 3.63) is 0 Å².